The molecule has 1 heterocycles. The third-order valence-corrected chi connectivity index (χ3v) is 2.04. The summed E-state index contributed by atoms with van der Waals surface area (Å²) in [5, 5.41) is 5.82. The summed E-state index contributed by atoms with van der Waals surface area (Å²) in [6.45, 7) is 5.49. The molecule has 88 valence electrons. The molecular formula is C11H18N4O. The topological polar surface area (TPSA) is 66.9 Å². The van der Waals surface area contributed by atoms with E-state index >= 15 is 0 Å². The molecule has 2 N–H and O–H groups in total. The summed E-state index contributed by atoms with van der Waals surface area (Å²) in [5.41, 5.74) is 0.356. The number of amides is 1. The van der Waals surface area contributed by atoms with E-state index in [4.69, 9.17) is 0 Å². The molecular weight excluding hydrogens is 204 g/mol. The summed E-state index contributed by atoms with van der Waals surface area (Å²) in [4.78, 5) is 19.8. The number of rotatable bonds is 6. The fourth-order valence-electron chi connectivity index (χ4n) is 1.21. The maximum absolute atomic E-state index is 11.6. The molecule has 0 saturated heterocycles. The van der Waals surface area contributed by atoms with Gasteiger partial charge in [0.05, 0.1) is 12.4 Å². The Kier molecular flexibility index (Phi) is 5.25. The lowest BCUT2D eigenvalue weighted by atomic mass is 10.3. The summed E-state index contributed by atoms with van der Waals surface area (Å²) in [6, 6.07) is 0. The zero-order valence-electron chi connectivity index (χ0n) is 9.79. The van der Waals surface area contributed by atoms with Gasteiger partial charge in [0.15, 0.2) is 0 Å². The van der Waals surface area contributed by atoms with Crippen LogP contribution in [0.3, 0.4) is 0 Å². The van der Waals surface area contributed by atoms with Gasteiger partial charge in [-0.25, -0.2) is 4.98 Å². The van der Waals surface area contributed by atoms with Crippen molar-refractivity contribution in [2.45, 2.75) is 26.7 Å². The van der Waals surface area contributed by atoms with E-state index in [0.717, 1.165) is 19.4 Å². The van der Waals surface area contributed by atoms with Gasteiger partial charge in [0, 0.05) is 13.1 Å². The minimum absolute atomic E-state index is 0.166. The fourth-order valence-corrected chi connectivity index (χ4v) is 1.21. The SMILES string of the molecule is CCCCNC(=O)c1cncc(NCC)n1. The van der Waals surface area contributed by atoms with E-state index in [1.165, 1.54) is 6.20 Å². The molecule has 1 aromatic heterocycles. The lowest BCUT2D eigenvalue weighted by Crippen LogP contribution is -2.25. The summed E-state index contributed by atoms with van der Waals surface area (Å²) < 4.78 is 0. The molecule has 5 heteroatoms. The quantitative estimate of drug-likeness (QED) is 0.715. The lowest BCUT2D eigenvalue weighted by Gasteiger charge is -2.05. The monoisotopic (exact) mass is 222 g/mol. The highest BCUT2D eigenvalue weighted by Crippen LogP contribution is 2.01. The second-order valence-electron chi connectivity index (χ2n) is 3.43. The summed E-state index contributed by atoms with van der Waals surface area (Å²) in [6.07, 6.45) is 5.11. The van der Waals surface area contributed by atoms with Gasteiger partial charge in [-0.2, -0.15) is 0 Å². The first-order chi connectivity index (χ1) is 7.77. The van der Waals surface area contributed by atoms with Crippen LogP contribution in [-0.4, -0.2) is 29.0 Å². The molecule has 5 nitrogen and oxygen atoms in total. The first-order valence-corrected chi connectivity index (χ1v) is 5.62. The van der Waals surface area contributed by atoms with Gasteiger partial charge in [0.25, 0.3) is 5.91 Å². The van der Waals surface area contributed by atoms with Crippen molar-refractivity contribution >= 4 is 11.7 Å². The zero-order valence-corrected chi connectivity index (χ0v) is 9.79. The van der Waals surface area contributed by atoms with Crippen molar-refractivity contribution in [3.05, 3.63) is 18.1 Å². The standard InChI is InChI=1S/C11H18N4O/c1-3-5-6-14-11(16)9-7-12-8-10(15-9)13-4-2/h7-8H,3-6H2,1-2H3,(H,13,15)(H,14,16). The Morgan fingerprint density at radius 2 is 2.19 bits per heavy atom. The third-order valence-electron chi connectivity index (χ3n) is 2.04. The minimum atomic E-state index is -0.166. The molecule has 1 aromatic rings. The van der Waals surface area contributed by atoms with Crippen molar-refractivity contribution < 1.29 is 4.79 Å². The van der Waals surface area contributed by atoms with E-state index in [1.807, 2.05) is 6.92 Å². The van der Waals surface area contributed by atoms with Crippen LogP contribution < -0.4 is 10.6 Å². The zero-order chi connectivity index (χ0) is 11.8. The molecule has 16 heavy (non-hydrogen) atoms. The maximum Gasteiger partial charge on any atom is 0.271 e. The number of nitrogens with one attached hydrogen (secondary N) is 2. The van der Waals surface area contributed by atoms with Crippen molar-refractivity contribution in [1.82, 2.24) is 15.3 Å². The number of carbonyl (C=O) groups is 1. The van der Waals surface area contributed by atoms with E-state index in [2.05, 4.69) is 27.5 Å². The van der Waals surface area contributed by atoms with Crippen LogP contribution in [-0.2, 0) is 0 Å². The van der Waals surface area contributed by atoms with E-state index in [0.29, 0.717) is 18.1 Å². The van der Waals surface area contributed by atoms with Gasteiger partial charge < -0.3 is 10.6 Å². The highest BCUT2D eigenvalue weighted by Gasteiger charge is 2.07. The lowest BCUT2D eigenvalue weighted by molar-refractivity contribution is 0.0948. The molecule has 0 atom stereocenters. The Bertz CT molecular complexity index is 341. The van der Waals surface area contributed by atoms with Crippen molar-refractivity contribution in [3.8, 4) is 0 Å². The number of nitrogens with zero attached hydrogens (tertiary/aromatic N) is 2. The molecule has 0 radical (unpaired) electrons. The Morgan fingerprint density at radius 1 is 1.38 bits per heavy atom. The Morgan fingerprint density at radius 3 is 2.88 bits per heavy atom. The van der Waals surface area contributed by atoms with Crippen molar-refractivity contribution in [1.29, 1.82) is 0 Å². The van der Waals surface area contributed by atoms with Crippen LogP contribution in [0.5, 0.6) is 0 Å². The molecule has 1 amide bonds. The fraction of sp³-hybridized carbons (Fsp3) is 0.545. The maximum atomic E-state index is 11.6. The number of aromatic nitrogens is 2. The van der Waals surface area contributed by atoms with Crippen LogP contribution in [0.15, 0.2) is 12.4 Å². The number of carbonyl (C=O) groups excluding carboxylic acids is 1. The third kappa shape index (κ3) is 3.84. The van der Waals surface area contributed by atoms with Gasteiger partial charge in [0.1, 0.15) is 11.5 Å². The molecule has 0 unspecified atom stereocenters. The van der Waals surface area contributed by atoms with Crippen molar-refractivity contribution in [3.63, 3.8) is 0 Å². The van der Waals surface area contributed by atoms with E-state index in [-0.39, 0.29) is 5.91 Å². The smallest absolute Gasteiger partial charge is 0.271 e. The predicted octanol–water partition coefficient (Wildman–Crippen LogP) is 1.44. The van der Waals surface area contributed by atoms with E-state index < -0.39 is 0 Å². The Hall–Kier alpha value is -1.65. The molecule has 0 saturated carbocycles. The van der Waals surface area contributed by atoms with Gasteiger partial charge in [-0.1, -0.05) is 13.3 Å². The van der Waals surface area contributed by atoms with Crippen LogP contribution >= 0.6 is 0 Å². The van der Waals surface area contributed by atoms with Crippen LogP contribution in [0, 0.1) is 0 Å². The number of hydrogen-bond acceptors (Lipinski definition) is 4. The molecule has 0 aromatic carbocycles. The first-order valence-electron chi connectivity index (χ1n) is 5.62. The Labute approximate surface area is 95.7 Å². The average molecular weight is 222 g/mol. The summed E-state index contributed by atoms with van der Waals surface area (Å²) >= 11 is 0. The van der Waals surface area contributed by atoms with Crippen LogP contribution in [0.25, 0.3) is 0 Å². The van der Waals surface area contributed by atoms with Gasteiger partial charge in [-0.15, -0.1) is 0 Å². The highest BCUT2D eigenvalue weighted by atomic mass is 16.1. The molecule has 1 rings (SSSR count). The first kappa shape index (κ1) is 12.4. The van der Waals surface area contributed by atoms with Crippen LogP contribution in [0.1, 0.15) is 37.2 Å². The number of unbranched alkanes of at least 4 members (excludes halogenated alkanes) is 1. The molecule has 0 bridgehead atoms. The van der Waals surface area contributed by atoms with Crippen molar-refractivity contribution in [2.75, 3.05) is 18.4 Å². The Balaban J connectivity index is 2.57. The highest BCUT2D eigenvalue weighted by molar-refractivity contribution is 5.92. The summed E-state index contributed by atoms with van der Waals surface area (Å²) in [7, 11) is 0. The molecule has 0 aliphatic heterocycles. The van der Waals surface area contributed by atoms with Gasteiger partial charge in [0.2, 0.25) is 0 Å². The molecule has 0 aliphatic carbocycles. The predicted molar refractivity (Wildman–Crippen MR) is 63.4 cm³/mol. The van der Waals surface area contributed by atoms with Gasteiger partial charge in [-0.05, 0) is 13.3 Å². The number of anilines is 1. The normalized spacial score (nSPS) is 9.88. The number of hydrogen-bond donors (Lipinski definition) is 2. The minimum Gasteiger partial charge on any atom is -0.369 e. The second-order valence-corrected chi connectivity index (χ2v) is 3.43. The van der Waals surface area contributed by atoms with Crippen molar-refractivity contribution in [2.24, 2.45) is 0 Å². The molecule has 0 fully saturated rings. The van der Waals surface area contributed by atoms with E-state index in [9.17, 15) is 4.79 Å². The second kappa shape index (κ2) is 6.76. The van der Waals surface area contributed by atoms with Crippen LogP contribution in [0.2, 0.25) is 0 Å². The molecule has 0 spiro atoms. The molecule has 0 aliphatic rings. The largest absolute Gasteiger partial charge is 0.369 e. The van der Waals surface area contributed by atoms with Gasteiger partial charge >= 0.3 is 0 Å². The van der Waals surface area contributed by atoms with Gasteiger partial charge in [-0.3, -0.25) is 9.78 Å². The van der Waals surface area contributed by atoms with E-state index in [1.54, 1.807) is 6.20 Å². The summed E-state index contributed by atoms with van der Waals surface area (Å²) in [5.74, 6) is 0.464. The average Bonchev–Trinajstić information content (AvgIpc) is 2.30. The van der Waals surface area contributed by atoms with Crippen LogP contribution in [0.4, 0.5) is 5.82 Å².